The Labute approximate surface area is 173 Å². The van der Waals surface area contributed by atoms with Crippen LogP contribution >= 0.6 is 11.6 Å². The number of nitrogens with one attached hydrogen (secondary N) is 2. The maximum absolute atomic E-state index is 11.9. The first-order valence-electron chi connectivity index (χ1n) is 9.50. The van der Waals surface area contributed by atoms with E-state index in [1.165, 1.54) is 0 Å². The zero-order chi connectivity index (χ0) is 20.3. The molecule has 1 fully saturated rings. The van der Waals surface area contributed by atoms with Crippen molar-refractivity contribution in [3.8, 4) is 11.4 Å². The zero-order valence-electron chi connectivity index (χ0n) is 16.1. The number of hydrogen-bond donors (Lipinski definition) is 3. The molecule has 1 aromatic carbocycles. The van der Waals surface area contributed by atoms with Crippen molar-refractivity contribution in [3.63, 3.8) is 0 Å². The average Bonchev–Trinajstić information content (AvgIpc) is 3.10. The van der Waals surface area contributed by atoms with Crippen LogP contribution in [0.3, 0.4) is 0 Å². The van der Waals surface area contributed by atoms with Crippen molar-refractivity contribution < 1.29 is 4.79 Å². The average molecular weight is 409 g/mol. The van der Waals surface area contributed by atoms with Crippen LogP contribution in [0.2, 0.25) is 5.02 Å². The molecule has 148 valence electrons. The SMILES string of the molecule is CN(C)c1ccc(-c2nc3ncc(Cl)c(N[C@@H]4C5C=C[C@H]5[C@@H]4C(N)=O)c3[nH]2)cc1. The van der Waals surface area contributed by atoms with E-state index in [-0.39, 0.29) is 23.8 Å². The van der Waals surface area contributed by atoms with E-state index in [1.54, 1.807) is 6.20 Å². The van der Waals surface area contributed by atoms with Crippen molar-refractivity contribution in [3.05, 3.63) is 47.6 Å². The van der Waals surface area contributed by atoms with Crippen molar-refractivity contribution in [1.82, 2.24) is 15.0 Å². The van der Waals surface area contributed by atoms with Crippen molar-refractivity contribution in [2.24, 2.45) is 23.5 Å². The number of pyridine rings is 1. The highest BCUT2D eigenvalue weighted by Gasteiger charge is 2.54. The number of H-pyrrole nitrogens is 1. The number of halogens is 1. The fraction of sp³-hybridized carbons (Fsp3) is 0.286. The second kappa shape index (κ2) is 6.49. The number of primary amides is 1. The lowest BCUT2D eigenvalue weighted by molar-refractivity contribution is -0.129. The predicted octanol–water partition coefficient (Wildman–Crippen LogP) is 3.04. The lowest BCUT2D eigenvalue weighted by atomic mass is 9.54. The van der Waals surface area contributed by atoms with Crippen LogP contribution in [0.15, 0.2) is 42.6 Å². The molecule has 4 atom stereocenters. The third kappa shape index (κ3) is 2.76. The fourth-order valence-corrected chi connectivity index (χ4v) is 4.47. The van der Waals surface area contributed by atoms with Crippen LogP contribution in [0.1, 0.15) is 0 Å². The minimum Gasteiger partial charge on any atom is -0.378 e. The van der Waals surface area contributed by atoms with Crippen LogP contribution in [-0.4, -0.2) is 41.0 Å². The molecule has 0 spiro atoms. The van der Waals surface area contributed by atoms with Gasteiger partial charge in [-0.05, 0) is 30.2 Å². The van der Waals surface area contributed by atoms with Gasteiger partial charge in [-0.25, -0.2) is 9.97 Å². The van der Waals surface area contributed by atoms with Gasteiger partial charge in [-0.15, -0.1) is 0 Å². The summed E-state index contributed by atoms with van der Waals surface area (Å²) in [5, 5.41) is 3.92. The minimum atomic E-state index is -0.291. The molecule has 29 heavy (non-hydrogen) atoms. The fourth-order valence-electron chi connectivity index (χ4n) is 4.27. The lowest BCUT2D eigenvalue weighted by Crippen LogP contribution is -2.61. The highest BCUT2D eigenvalue weighted by atomic mass is 35.5. The van der Waals surface area contributed by atoms with Gasteiger partial charge in [0.1, 0.15) is 11.3 Å². The van der Waals surface area contributed by atoms with Crippen molar-refractivity contribution in [2.75, 3.05) is 24.3 Å². The Morgan fingerprint density at radius 1 is 1.21 bits per heavy atom. The summed E-state index contributed by atoms with van der Waals surface area (Å²) in [5.74, 6) is 0.719. The number of nitrogens with zero attached hydrogens (tertiary/aromatic N) is 3. The van der Waals surface area contributed by atoms with E-state index < -0.39 is 0 Å². The van der Waals surface area contributed by atoms with Crippen LogP contribution in [0, 0.1) is 17.8 Å². The number of benzene rings is 1. The molecule has 0 saturated heterocycles. The number of aromatic amines is 1. The number of allylic oxidation sites excluding steroid dienone is 1. The molecule has 0 radical (unpaired) electrons. The standard InChI is InChI=1S/C21H21ClN6O/c1-28(2)11-5-3-10(4-6-11)20-26-18-17(14(22)9-24-21(18)27-20)25-16-13-8-7-12(13)15(16)19(23)29/h3-9,12-13,15-16H,1-2H3,(H2,23,29)(H2,24,25,26,27)/t12-,13?,15+,16-/m1/s1. The first-order valence-corrected chi connectivity index (χ1v) is 9.88. The van der Waals surface area contributed by atoms with Crippen LogP contribution in [0.4, 0.5) is 11.4 Å². The van der Waals surface area contributed by atoms with Gasteiger partial charge in [0.15, 0.2) is 5.65 Å². The summed E-state index contributed by atoms with van der Waals surface area (Å²) >= 11 is 6.46. The molecular weight excluding hydrogens is 388 g/mol. The van der Waals surface area contributed by atoms with Crippen LogP contribution in [-0.2, 0) is 4.79 Å². The van der Waals surface area contributed by atoms with Gasteiger partial charge in [0, 0.05) is 37.3 Å². The minimum absolute atomic E-state index is 0.0725. The number of carbonyl (C=O) groups is 1. The number of hydrogen-bond acceptors (Lipinski definition) is 5. The normalized spacial score (nSPS) is 24.5. The maximum atomic E-state index is 11.9. The Morgan fingerprint density at radius 3 is 2.55 bits per heavy atom. The summed E-state index contributed by atoms with van der Waals surface area (Å²) in [5.41, 5.74) is 9.67. The summed E-state index contributed by atoms with van der Waals surface area (Å²) in [6, 6.07) is 8.03. The largest absolute Gasteiger partial charge is 0.378 e. The summed E-state index contributed by atoms with van der Waals surface area (Å²) in [4.78, 5) is 26.2. The molecule has 2 aromatic heterocycles. The van der Waals surface area contributed by atoms with E-state index in [0.29, 0.717) is 28.1 Å². The molecule has 7 nitrogen and oxygen atoms in total. The molecular formula is C21H21ClN6O. The molecule has 0 bridgehead atoms. The summed E-state index contributed by atoms with van der Waals surface area (Å²) < 4.78 is 0. The van der Waals surface area contributed by atoms with Gasteiger partial charge in [0.2, 0.25) is 5.91 Å². The molecule has 8 heteroatoms. The Balaban J connectivity index is 1.50. The number of fused-ring (bicyclic) bond motifs is 2. The van der Waals surface area contributed by atoms with Gasteiger partial charge >= 0.3 is 0 Å². The number of aromatic nitrogens is 3. The number of imidazole rings is 1. The molecule has 1 unspecified atom stereocenters. The Morgan fingerprint density at radius 2 is 1.93 bits per heavy atom. The third-order valence-electron chi connectivity index (χ3n) is 5.99. The zero-order valence-corrected chi connectivity index (χ0v) is 16.8. The Hall–Kier alpha value is -3.06. The second-order valence-electron chi connectivity index (χ2n) is 7.84. The predicted molar refractivity (Wildman–Crippen MR) is 115 cm³/mol. The number of rotatable bonds is 5. The molecule has 3 aromatic rings. The quantitative estimate of drug-likeness (QED) is 0.563. The van der Waals surface area contributed by atoms with E-state index in [1.807, 2.05) is 49.3 Å². The summed E-state index contributed by atoms with van der Waals surface area (Å²) in [6.45, 7) is 0. The molecule has 0 aliphatic heterocycles. The molecule has 1 amide bonds. The number of nitrogens with two attached hydrogens (primary N) is 1. The molecule has 2 heterocycles. The van der Waals surface area contributed by atoms with Gasteiger partial charge in [0.05, 0.1) is 22.8 Å². The van der Waals surface area contributed by atoms with Gasteiger partial charge < -0.3 is 20.9 Å². The van der Waals surface area contributed by atoms with Gasteiger partial charge in [-0.3, -0.25) is 4.79 Å². The molecule has 1 saturated carbocycles. The van der Waals surface area contributed by atoms with E-state index in [2.05, 4.69) is 26.3 Å². The first kappa shape index (κ1) is 18.0. The maximum Gasteiger partial charge on any atom is 0.223 e. The Kier molecular flexibility index (Phi) is 4.03. The number of amides is 1. The van der Waals surface area contributed by atoms with Crippen molar-refractivity contribution in [1.29, 1.82) is 0 Å². The first-order chi connectivity index (χ1) is 13.9. The van der Waals surface area contributed by atoms with Crippen LogP contribution < -0.4 is 16.0 Å². The topological polar surface area (TPSA) is 99.9 Å². The monoisotopic (exact) mass is 408 g/mol. The van der Waals surface area contributed by atoms with Crippen molar-refractivity contribution >= 4 is 40.0 Å². The van der Waals surface area contributed by atoms with E-state index >= 15 is 0 Å². The van der Waals surface area contributed by atoms with Crippen LogP contribution in [0.25, 0.3) is 22.6 Å². The lowest BCUT2D eigenvalue weighted by Gasteiger charge is -2.53. The molecule has 4 N–H and O–H groups in total. The van der Waals surface area contributed by atoms with E-state index in [0.717, 1.165) is 16.8 Å². The molecule has 5 rings (SSSR count). The Bertz CT molecular complexity index is 1140. The number of carbonyl (C=O) groups excluding carboxylic acids is 1. The summed E-state index contributed by atoms with van der Waals surface area (Å²) in [7, 11) is 4.00. The second-order valence-corrected chi connectivity index (χ2v) is 8.25. The highest BCUT2D eigenvalue weighted by molar-refractivity contribution is 6.34. The van der Waals surface area contributed by atoms with Crippen LogP contribution in [0.5, 0.6) is 0 Å². The van der Waals surface area contributed by atoms with E-state index in [9.17, 15) is 4.79 Å². The van der Waals surface area contributed by atoms with Gasteiger partial charge in [-0.1, -0.05) is 23.8 Å². The van der Waals surface area contributed by atoms with Gasteiger partial charge in [0.25, 0.3) is 0 Å². The highest BCUT2D eigenvalue weighted by Crippen LogP contribution is 2.50. The smallest absolute Gasteiger partial charge is 0.223 e. The van der Waals surface area contributed by atoms with E-state index in [4.69, 9.17) is 17.3 Å². The summed E-state index contributed by atoms with van der Waals surface area (Å²) in [6.07, 6.45) is 5.74. The van der Waals surface area contributed by atoms with Crippen molar-refractivity contribution in [2.45, 2.75) is 6.04 Å². The van der Waals surface area contributed by atoms with Gasteiger partial charge in [-0.2, -0.15) is 0 Å². The number of anilines is 2. The molecule has 2 aliphatic rings. The third-order valence-corrected chi connectivity index (χ3v) is 6.27. The molecule has 2 aliphatic carbocycles.